The molecular weight excluding hydrogens is 428 g/mol. The standard InChI is InChI=1S/C26H22N6O2/c1-16-12-18(34-30-16)14-31(3)25-20-9-4-6-10-22(20)28-24(29-25)15-32-23-11-7-5-8-19(23)17(2)21(13-27)26(32)33/h4-12H,14-15H2,1-3H3. The first kappa shape index (κ1) is 21.3. The molecule has 0 unspecified atom stereocenters. The molecular formula is C26H22N6O2. The third-order valence-electron chi connectivity index (χ3n) is 5.90. The van der Waals surface area contributed by atoms with Crippen molar-refractivity contribution in [3.63, 3.8) is 0 Å². The Morgan fingerprint density at radius 2 is 1.79 bits per heavy atom. The molecule has 5 rings (SSSR count). The monoisotopic (exact) mass is 450 g/mol. The molecule has 0 saturated carbocycles. The predicted molar refractivity (Wildman–Crippen MR) is 130 cm³/mol. The Hall–Kier alpha value is -4.51. The highest BCUT2D eigenvalue weighted by Crippen LogP contribution is 2.25. The van der Waals surface area contributed by atoms with Gasteiger partial charge in [0, 0.05) is 23.9 Å². The zero-order valence-electron chi connectivity index (χ0n) is 19.1. The quantitative estimate of drug-likeness (QED) is 0.397. The van der Waals surface area contributed by atoms with E-state index in [9.17, 15) is 10.1 Å². The highest BCUT2D eigenvalue weighted by molar-refractivity contribution is 5.89. The van der Waals surface area contributed by atoms with Crippen LogP contribution in [-0.4, -0.2) is 26.7 Å². The van der Waals surface area contributed by atoms with Crippen LogP contribution in [0.15, 0.2) is 63.9 Å². The third kappa shape index (κ3) is 3.67. The van der Waals surface area contributed by atoms with E-state index in [1.165, 1.54) is 0 Å². The van der Waals surface area contributed by atoms with E-state index in [-0.39, 0.29) is 17.7 Å². The molecule has 8 nitrogen and oxygen atoms in total. The largest absolute Gasteiger partial charge is 0.359 e. The van der Waals surface area contributed by atoms with Gasteiger partial charge in [-0.05, 0) is 37.6 Å². The Labute approximate surface area is 195 Å². The molecule has 3 heterocycles. The van der Waals surface area contributed by atoms with E-state index < -0.39 is 0 Å². The van der Waals surface area contributed by atoms with Gasteiger partial charge in [0.2, 0.25) is 0 Å². The molecule has 0 aliphatic rings. The zero-order valence-corrected chi connectivity index (χ0v) is 19.1. The summed E-state index contributed by atoms with van der Waals surface area (Å²) < 4.78 is 6.96. The van der Waals surface area contributed by atoms with Crippen LogP contribution in [-0.2, 0) is 13.1 Å². The number of hydrogen-bond acceptors (Lipinski definition) is 7. The van der Waals surface area contributed by atoms with Crippen LogP contribution >= 0.6 is 0 Å². The summed E-state index contributed by atoms with van der Waals surface area (Å²) in [5.41, 5.74) is 2.80. The summed E-state index contributed by atoms with van der Waals surface area (Å²) in [4.78, 5) is 24.8. The van der Waals surface area contributed by atoms with Crippen LogP contribution in [0.4, 0.5) is 5.82 Å². The SMILES string of the molecule is Cc1cc(CN(C)c2nc(Cn3c(=O)c(C#N)c(C)c4ccccc43)nc3ccccc23)on1. The van der Waals surface area contributed by atoms with E-state index in [1.807, 2.05) is 73.5 Å². The number of fused-ring (bicyclic) bond motifs is 2. The van der Waals surface area contributed by atoms with E-state index in [0.717, 1.165) is 39.1 Å². The number of para-hydroxylation sites is 2. The molecule has 0 atom stereocenters. The second-order valence-corrected chi connectivity index (χ2v) is 8.29. The van der Waals surface area contributed by atoms with E-state index in [4.69, 9.17) is 14.5 Å². The Bertz CT molecular complexity index is 1640. The summed E-state index contributed by atoms with van der Waals surface area (Å²) in [5.74, 6) is 1.93. The maximum absolute atomic E-state index is 13.2. The second kappa shape index (κ2) is 8.45. The summed E-state index contributed by atoms with van der Waals surface area (Å²) in [6.07, 6.45) is 0. The number of nitriles is 1. The average Bonchev–Trinajstić information content (AvgIpc) is 3.26. The number of aryl methyl sites for hydroxylation is 2. The molecule has 0 aliphatic heterocycles. The smallest absolute Gasteiger partial charge is 0.269 e. The highest BCUT2D eigenvalue weighted by atomic mass is 16.5. The van der Waals surface area contributed by atoms with Gasteiger partial charge in [-0.1, -0.05) is 35.5 Å². The first-order valence-corrected chi connectivity index (χ1v) is 10.9. The lowest BCUT2D eigenvalue weighted by atomic mass is 10.0. The van der Waals surface area contributed by atoms with Gasteiger partial charge in [-0.3, -0.25) is 9.36 Å². The van der Waals surface area contributed by atoms with Crippen molar-refractivity contribution in [1.82, 2.24) is 19.7 Å². The molecule has 0 saturated heterocycles. The van der Waals surface area contributed by atoms with Gasteiger partial charge in [-0.2, -0.15) is 5.26 Å². The number of aromatic nitrogens is 4. The van der Waals surface area contributed by atoms with Gasteiger partial charge in [0.1, 0.15) is 17.5 Å². The normalized spacial score (nSPS) is 11.1. The van der Waals surface area contributed by atoms with Crippen LogP contribution in [0.25, 0.3) is 21.8 Å². The molecule has 0 amide bonds. The summed E-state index contributed by atoms with van der Waals surface area (Å²) >= 11 is 0. The molecule has 3 aromatic heterocycles. The molecule has 0 aliphatic carbocycles. The van der Waals surface area contributed by atoms with Gasteiger partial charge in [0.25, 0.3) is 5.56 Å². The lowest BCUT2D eigenvalue weighted by Crippen LogP contribution is -2.26. The van der Waals surface area contributed by atoms with E-state index in [0.29, 0.717) is 17.9 Å². The lowest BCUT2D eigenvalue weighted by molar-refractivity contribution is 0.379. The van der Waals surface area contributed by atoms with Crippen LogP contribution in [0.1, 0.15) is 28.4 Å². The number of hydrogen-bond donors (Lipinski definition) is 0. The van der Waals surface area contributed by atoms with Crippen LogP contribution in [0.2, 0.25) is 0 Å². The molecule has 0 fully saturated rings. The molecule has 34 heavy (non-hydrogen) atoms. The molecule has 5 aromatic rings. The Balaban J connectivity index is 1.64. The van der Waals surface area contributed by atoms with Crippen molar-refractivity contribution in [3.8, 4) is 6.07 Å². The number of nitrogens with zero attached hydrogens (tertiary/aromatic N) is 6. The van der Waals surface area contributed by atoms with Crippen molar-refractivity contribution in [2.45, 2.75) is 26.9 Å². The van der Waals surface area contributed by atoms with Gasteiger partial charge in [0.05, 0.1) is 29.8 Å². The van der Waals surface area contributed by atoms with Crippen molar-refractivity contribution < 1.29 is 4.52 Å². The van der Waals surface area contributed by atoms with Gasteiger partial charge in [0.15, 0.2) is 11.6 Å². The maximum Gasteiger partial charge on any atom is 0.269 e. The topological polar surface area (TPSA) is 101 Å². The molecule has 2 aromatic carbocycles. The van der Waals surface area contributed by atoms with Crippen LogP contribution in [0.5, 0.6) is 0 Å². The van der Waals surface area contributed by atoms with Crippen molar-refractivity contribution >= 4 is 27.6 Å². The van der Waals surface area contributed by atoms with Crippen molar-refractivity contribution in [3.05, 3.63) is 93.4 Å². The Morgan fingerprint density at radius 3 is 2.53 bits per heavy atom. The van der Waals surface area contributed by atoms with E-state index in [1.54, 1.807) is 11.5 Å². The molecule has 0 spiro atoms. The number of benzene rings is 2. The summed E-state index contributed by atoms with van der Waals surface area (Å²) in [7, 11) is 1.93. The van der Waals surface area contributed by atoms with E-state index >= 15 is 0 Å². The fourth-order valence-corrected chi connectivity index (χ4v) is 4.26. The fourth-order valence-electron chi connectivity index (χ4n) is 4.26. The zero-order chi connectivity index (χ0) is 23.8. The van der Waals surface area contributed by atoms with Crippen LogP contribution in [0, 0.1) is 25.2 Å². The van der Waals surface area contributed by atoms with Crippen molar-refractivity contribution in [2.24, 2.45) is 0 Å². The van der Waals surface area contributed by atoms with E-state index in [2.05, 4.69) is 11.2 Å². The molecule has 8 heteroatoms. The van der Waals surface area contributed by atoms with Crippen LogP contribution in [0.3, 0.4) is 0 Å². The molecule has 0 bridgehead atoms. The predicted octanol–water partition coefficient (Wildman–Crippen LogP) is 4.11. The first-order valence-electron chi connectivity index (χ1n) is 10.9. The minimum atomic E-state index is -0.345. The number of rotatable bonds is 5. The number of anilines is 1. The van der Waals surface area contributed by atoms with Crippen molar-refractivity contribution in [1.29, 1.82) is 5.26 Å². The number of pyridine rings is 1. The van der Waals surface area contributed by atoms with Gasteiger partial charge in [-0.15, -0.1) is 0 Å². The second-order valence-electron chi connectivity index (χ2n) is 8.29. The van der Waals surface area contributed by atoms with Crippen LogP contribution < -0.4 is 10.5 Å². The first-order chi connectivity index (χ1) is 16.5. The highest BCUT2D eigenvalue weighted by Gasteiger charge is 2.17. The molecule has 168 valence electrons. The Morgan fingerprint density at radius 1 is 1.06 bits per heavy atom. The molecule has 0 radical (unpaired) electrons. The summed E-state index contributed by atoms with van der Waals surface area (Å²) in [6.45, 7) is 4.30. The van der Waals surface area contributed by atoms with Gasteiger partial charge < -0.3 is 9.42 Å². The average molecular weight is 451 g/mol. The fraction of sp³-hybridized carbons (Fsp3) is 0.192. The Kier molecular flexibility index (Phi) is 5.30. The summed E-state index contributed by atoms with van der Waals surface area (Å²) in [5, 5.41) is 15.3. The lowest BCUT2D eigenvalue weighted by Gasteiger charge is -2.20. The molecule has 0 N–H and O–H groups in total. The van der Waals surface area contributed by atoms with Gasteiger partial charge >= 0.3 is 0 Å². The minimum absolute atomic E-state index is 0.137. The maximum atomic E-state index is 13.2. The third-order valence-corrected chi connectivity index (χ3v) is 5.90. The summed E-state index contributed by atoms with van der Waals surface area (Å²) in [6, 6.07) is 19.3. The minimum Gasteiger partial charge on any atom is -0.359 e. The van der Waals surface area contributed by atoms with Crippen molar-refractivity contribution in [2.75, 3.05) is 11.9 Å². The van der Waals surface area contributed by atoms with Gasteiger partial charge in [-0.25, -0.2) is 9.97 Å².